The van der Waals surface area contributed by atoms with Crippen LogP contribution >= 0.6 is 0 Å². The topological polar surface area (TPSA) is 66.8 Å². The fourth-order valence-electron chi connectivity index (χ4n) is 1.97. The van der Waals surface area contributed by atoms with Crippen LogP contribution in [-0.4, -0.2) is 37.5 Å². The Morgan fingerprint density at radius 1 is 1.09 bits per heavy atom. The van der Waals surface area contributed by atoms with E-state index in [9.17, 15) is 8.42 Å². The predicted octanol–water partition coefficient (Wildman–Crippen LogP) is 2.27. The second-order valence-corrected chi connectivity index (χ2v) is 7.30. The number of aliphatic hydroxyl groups excluding tert-OH is 1. The van der Waals surface area contributed by atoms with E-state index in [1.54, 1.807) is 19.1 Å². The Labute approximate surface area is 137 Å². The quantitative estimate of drug-likeness (QED) is 0.843. The summed E-state index contributed by atoms with van der Waals surface area (Å²) in [5, 5.41) is 9.11. The number of aliphatic hydroxyl groups is 1. The average molecular weight is 335 g/mol. The summed E-state index contributed by atoms with van der Waals surface area (Å²) in [6, 6.07) is 15.5. The molecule has 0 saturated heterocycles. The number of hydrogen-bond acceptors (Lipinski definition) is 4. The largest absolute Gasteiger partial charge is 0.489 e. The van der Waals surface area contributed by atoms with Crippen LogP contribution in [0.3, 0.4) is 0 Å². The van der Waals surface area contributed by atoms with E-state index in [2.05, 4.69) is 0 Å². The van der Waals surface area contributed by atoms with E-state index in [0.29, 0.717) is 12.4 Å². The molecule has 0 fully saturated rings. The fourth-order valence-corrected chi connectivity index (χ4v) is 3.32. The molecule has 124 valence electrons. The number of hydrogen-bond donors (Lipinski definition) is 1. The lowest BCUT2D eigenvalue weighted by molar-refractivity contribution is 0.214. The molecule has 0 aliphatic carbocycles. The number of rotatable bonds is 7. The zero-order chi connectivity index (χ0) is 16.9. The molecule has 0 aliphatic heterocycles. The van der Waals surface area contributed by atoms with Crippen molar-refractivity contribution >= 4 is 10.0 Å². The van der Waals surface area contributed by atoms with Crippen molar-refractivity contribution in [3.8, 4) is 5.75 Å². The highest BCUT2D eigenvalue weighted by Crippen LogP contribution is 2.20. The first-order valence-corrected chi connectivity index (χ1v) is 8.75. The zero-order valence-electron chi connectivity index (χ0n) is 13.2. The van der Waals surface area contributed by atoms with E-state index < -0.39 is 16.1 Å². The molecule has 5 nitrogen and oxygen atoms in total. The molecule has 0 unspecified atom stereocenters. The van der Waals surface area contributed by atoms with Crippen LogP contribution in [0.4, 0.5) is 0 Å². The van der Waals surface area contributed by atoms with Gasteiger partial charge in [0.15, 0.2) is 0 Å². The molecule has 2 aromatic carbocycles. The maximum atomic E-state index is 12.4. The molecule has 0 aliphatic rings. The van der Waals surface area contributed by atoms with Crippen molar-refractivity contribution in [2.45, 2.75) is 24.5 Å². The monoisotopic (exact) mass is 335 g/mol. The van der Waals surface area contributed by atoms with Gasteiger partial charge in [0.25, 0.3) is 0 Å². The normalized spacial score (nSPS) is 13.0. The highest BCUT2D eigenvalue weighted by Gasteiger charge is 2.24. The second-order valence-electron chi connectivity index (χ2n) is 5.30. The summed E-state index contributed by atoms with van der Waals surface area (Å²) in [6.45, 7) is 1.84. The van der Waals surface area contributed by atoms with Crippen LogP contribution in [0.15, 0.2) is 59.5 Å². The Bertz CT molecular complexity index is 714. The highest BCUT2D eigenvalue weighted by molar-refractivity contribution is 7.89. The van der Waals surface area contributed by atoms with Crippen molar-refractivity contribution < 1.29 is 18.3 Å². The Kier molecular flexibility index (Phi) is 5.76. The molecule has 23 heavy (non-hydrogen) atoms. The van der Waals surface area contributed by atoms with Crippen LogP contribution in [0.1, 0.15) is 12.5 Å². The Balaban J connectivity index is 2.07. The second kappa shape index (κ2) is 7.59. The molecule has 2 rings (SSSR count). The minimum absolute atomic E-state index is 0.173. The zero-order valence-corrected chi connectivity index (χ0v) is 14.0. The van der Waals surface area contributed by atoms with Crippen LogP contribution in [0.5, 0.6) is 5.75 Å². The summed E-state index contributed by atoms with van der Waals surface area (Å²) in [6.07, 6.45) is 0. The molecule has 0 amide bonds. The van der Waals surface area contributed by atoms with Gasteiger partial charge in [0, 0.05) is 13.1 Å². The van der Waals surface area contributed by atoms with Gasteiger partial charge in [0.05, 0.1) is 11.5 Å². The smallest absolute Gasteiger partial charge is 0.243 e. The molecule has 0 aromatic heterocycles. The van der Waals surface area contributed by atoms with E-state index in [1.807, 2.05) is 30.3 Å². The molecule has 0 radical (unpaired) electrons. The van der Waals surface area contributed by atoms with Crippen LogP contribution in [0.2, 0.25) is 0 Å². The van der Waals surface area contributed by atoms with Crippen LogP contribution in [0, 0.1) is 0 Å². The van der Waals surface area contributed by atoms with Gasteiger partial charge in [-0.2, -0.15) is 4.31 Å². The lowest BCUT2D eigenvalue weighted by Gasteiger charge is -2.22. The predicted molar refractivity (Wildman–Crippen MR) is 88.7 cm³/mol. The van der Waals surface area contributed by atoms with Gasteiger partial charge < -0.3 is 9.84 Å². The molecule has 2 aromatic rings. The third-order valence-electron chi connectivity index (χ3n) is 3.63. The fraction of sp³-hybridized carbons (Fsp3) is 0.294. The first-order valence-electron chi connectivity index (χ1n) is 7.31. The minimum Gasteiger partial charge on any atom is -0.489 e. The maximum Gasteiger partial charge on any atom is 0.243 e. The lowest BCUT2D eigenvalue weighted by Crippen LogP contribution is -2.37. The molecule has 0 heterocycles. The van der Waals surface area contributed by atoms with E-state index in [0.717, 1.165) is 9.87 Å². The van der Waals surface area contributed by atoms with E-state index in [1.165, 1.54) is 19.2 Å². The van der Waals surface area contributed by atoms with Gasteiger partial charge >= 0.3 is 0 Å². The standard InChI is InChI=1S/C17H21NO4S/c1-14(12-19)18(2)23(20,21)17-10-8-16(9-11-17)22-13-15-6-4-3-5-7-15/h3-11,14,19H,12-13H2,1-2H3/t14-/m1/s1. The first-order chi connectivity index (χ1) is 10.9. The molecule has 1 atom stereocenters. The van der Waals surface area contributed by atoms with Crippen LogP contribution in [-0.2, 0) is 16.6 Å². The molecule has 0 saturated carbocycles. The van der Waals surface area contributed by atoms with E-state index >= 15 is 0 Å². The molecule has 0 bridgehead atoms. The van der Waals surface area contributed by atoms with Crippen molar-refractivity contribution in [1.82, 2.24) is 4.31 Å². The first kappa shape index (κ1) is 17.5. The highest BCUT2D eigenvalue weighted by atomic mass is 32.2. The van der Waals surface area contributed by atoms with Gasteiger partial charge in [-0.1, -0.05) is 30.3 Å². The van der Waals surface area contributed by atoms with Crippen molar-refractivity contribution in [2.75, 3.05) is 13.7 Å². The van der Waals surface area contributed by atoms with Crippen LogP contribution < -0.4 is 4.74 Å². The number of benzene rings is 2. The molecule has 6 heteroatoms. The number of ether oxygens (including phenoxy) is 1. The third-order valence-corrected chi connectivity index (χ3v) is 5.62. The summed E-state index contributed by atoms with van der Waals surface area (Å²) < 4.78 is 31.6. The summed E-state index contributed by atoms with van der Waals surface area (Å²) in [4.78, 5) is 0.173. The summed E-state index contributed by atoms with van der Waals surface area (Å²) in [7, 11) is -2.16. The number of nitrogens with zero attached hydrogens (tertiary/aromatic N) is 1. The molecular formula is C17H21NO4S. The summed E-state index contributed by atoms with van der Waals surface area (Å²) >= 11 is 0. The summed E-state index contributed by atoms with van der Waals surface area (Å²) in [5.41, 5.74) is 1.04. The minimum atomic E-state index is -3.62. The van der Waals surface area contributed by atoms with Crippen molar-refractivity contribution in [3.63, 3.8) is 0 Å². The Morgan fingerprint density at radius 2 is 1.70 bits per heavy atom. The van der Waals surface area contributed by atoms with E-state index in [4.69, 9.17) is 9.84 Å². The van der Waals surface area contributed by atoms with E-state index in [-0.39, 0.29) is 11.5 Å². The van der Waals surface area contributed by atoms with Gasteiger partial charge in [0.2, 0.25) is 10.0 Å². The summed E-state index contributed by atoms with van der Waals surface area (Å²) in [5.74, 6) is 0.602. The van der Waals surface area contributed by atoms with Crippen LogP contribution in [0.25, 0.3) is 0 Å². The van der Waals surface area contributed by atoms with Gasteiger partial charge in [-0.3, -0.25) is 0 Å². The molecule has 0 spiro atoms. The van der Waals surface area contributed by atoms with Crippen molar-refractivity contribution in [2.24, 2.45) is 0 Å². The van der Waals surface area contributed by atoms with Crippen molar-refractivity contribution in [3.05, 3.63) is 60.2 Å². The maximum absolute atomic E-state index is 12.4. The van der Waals surface area contributed by atoms with Gasteiger partial charge in [0.1, 0.15) is 12.4 Å². The Hall–Kier alpha value is -1.89. The third kappa shape index (κ3) is 4.31. The average Bonchev–Trinajstić information content (AvgIpc) is 2.59. The molecular weight excluding hydrogens is 314 g/mol. The molecule has 1 N–H and O–H groups in total. The SMILES string of the molecule is C[C@H](CO)N(C)S(=O)(=O)c1ccc(OCc2ccccc2)cc1. The van der Waals surface area contributed by atoms with Crippen molar-refractivity contribution in [1.29, 1.82) is 0 Å². The van der Waals surface area contributed by atoms with Gasteiger partial charge in [-0.15, -0.1) is 0 Å². The number of likely N-dealkylation sites (N-methyl/N-ethyl adjacent to an activating group) is 1. The van der Waals surface area contributed by atoms with Gasteiger partial charge in [-0.05, 0) is 36.8 Å². The lowest BCUT2D eigenvalue weighted by atomic mass is 10.2. The number of sulfonamides is 1. The Morgan fingerprint density at radius 3 is 2.26 bits per heavy atom. The van der Waals surface area contributed by atoms with Gasteiger partial charge in [-0.25, -0.2) is 8.42 Å².